The minimum Gasteiger partial charge on any atom is -0.350 e. The van der Waals surface area contributed by atoms with Gasteiger partial charge in [0.05, 0.1) is 12.1 Å². The first kappa shape index (κ1) is 15.2. The Balaban J connectivity index is 2.66. The van der Waals surface area contributed by atoms with Crippen molar-refractivity contribution in [2.24, 2.45) is 5.73 Å². The summed E-state index contributed by atoms with van der Waals surface area (Å²) < 4.78 is 0. The number of carbonyl (C=O) groups excluding carboxylic acids is 1. The van der Waals surface area contributed by atoms with Crippen LogP contribution in [0, 0.1) is 11.8 Å². The number of nitrogens with zero attached hydrogens (tertiary/aromatic N) is 1. The highest BCUT2D eigenvalue weighted by molar-refractivity contribution is 5.94. The van der Waals surface area contributed by atoms with Gasteiger partial charge in [0.25, 0.3) is 5.91 Å². The van der Waals surface area contributed by atoms with E-state index in [9.17, 15) is 4.79 Å². The molecule has 1 atom stereocenters. The van der Waals surface area contributed by atoms with E-state index >= 15 is 0 Å². The van der Waals surface area contributed by atoms with E-state index in [1.165, 1.54) is 0 Å². The van der Waals surface area contributed by atoms with Crippen molar-refractivity contribution in [1.29, 1.82) is 0 Å². The number of aromatic nitrogens is 1. The zero-order valence-electron chi connectivity index (χ0n) is 11.6. The molecule has 0 aliphatic heterocycles. The van der Waals surface area contributed by atoms with E-state index < -0.39 is 0 Å². The molecule has 0 fully saturated rings. The molecule has 4 nitrogen and oxygen atoms in total. The number of nitrogens with one attached hydrogen (secondary N) is 1. The summed E-state index contributed by atoms with van der Waals surface area (Å²) in [5, 5.41) is 2.96. The molecular weight excluding hydrogens is 238 g/mol. The lowest BCUT2D eigenvalue weighted by atomic mass is 10.1. The molecule has 1 unspecified atom stereocenters. The third-order valence-electron chi connectivity index (χ3n) is 2.70. The van der Waals surface area contributed by atoms with Crippen molar-refractivity contribution in [3.63, 3.8) is 0 Å². The number of hydrogen-bond donors (Lipinski definition) is 2. The predicted octanol–water partition coefficient (Wildman–Crippen LogP) is 1.70. The predicted molar refractivity (Wildman–Crippen MR) is 76.6 cm³/mol. The molecule has 1 aromatic rings. The first-order valence-electron chi connectivity index (χ1n) is 6.62. The lowest BCUT2D eigenvalue weighted by Crippen LogP contribution is -2.32. The van der Waals surface area contributed by atoms with Crippen LogP contribution in [0.15, 0.2) is 18.5 Å². The summed E-state index contributed by atoms with van der Waals surface area (Å²) in [6.45, 7) is 4.45. The van der Waals surface area contributed by atoms with Gasteiger partial charge in [0, 0.05) is 24.0 Å². The van der Waals surface area contributed by atoms with Gasteiger partial charge in [-0.3, -0.25) is 9.78 Å². The summed E-state index contributed by atoms with van der Waals surface area (Å²) in [5.41, 5.74) is 6.56. The maximum absolute atomic E-state index is 12.0. The minimum atomic E-state index is -0.104. The van der Waals surface area contributed by atoms with Gasteiger partial charge in [-0.15, -0.1) is 0 Å². The van der Waals surface area contributed by atoms with Gasteiger partial charge in [-0.2, -0.15) is 0 Å². The fraction of sp³-hybridized carbons (Fsp3) is 0.467. The summed E-state index contributed by atoms with van der Waals surface area (Å²) in [5.74, 6) is 5.51. The van der Waals surface area contributed by atoms with E-state index in [2.05, 4.69) is 29.1 Å². The molecule has 0 saturated heterocycles. The van der Waals surface area contributed by atoms with Crippen LogP contribution in [0.5, 0.6) is 0 Å². The summed E-state index contributed by atoms with van der Waals surface area (Å²) in [7, 11) is 0. The van der Waals surface area contributed by atoms with E-state index in [0.29, 0.717) is 17.7 Å². The van der Waals surface area contributed by atoms with Gasteiger partial charge in [0.15, 0.2) is 0 Å². The Labute approximate surface area is 114 Å². The van der Waals surface area contributed by atoms with E-state index in [1.807, 2.05) is 6.92 Å². The van der Waals surface area contributed by atoms with Gasteiger partial charge >= 0.3 is 0 Å². The Morgan fingerprint density at radius 2 is 2.32 bits per heavy atom. The Morgan fingerprint density at radius 1 is 1.53 bits per heavy atom. The molecule has 0 saturated carbocycles. The van der Waals surface area contributed by atoms with Gasteiger partial charge in [-0.05, 0) is 19.4 Å². The van der Waals surface area contributed by atoms with E-state index in [4.69, 9.17) is 5.73 Å². The highest BCUT2D eigenvalue weighted by atomic mass is 16.1. The maximum Gasteiger partial charge on any atom is 0.253 e. The van der Waals surface area contributed by atoms with Gasteiger partial charge < -0.3 is 11.1 Å². The van der Waals surface area contributed by atoms with Crippen LogP contribution >= 0.6 is 0 Å². The molecule has 19 heavy (non-hydrogen) atoms. The number of carbonyl (C=O) groups is 1. The van der Waals surface area contributed by atoms with Gasteiger partial charge in [0.1, 0.15) is 0 Å². The number of nitrogens with two attached hydrogens (primary N) is 1. The SMILES string of the molecule is CCCCC(C)NC(=O)c1cncc(C#CCN)c1. The fourth-order valence-electron chi connectivity index (χ4n) is 1.68. The van der Waals surface area contributed by atoms with Crippen molar-refractivity contribution in [3.8, 4) is 11.8 Å². The monoisotopic (exact) mass is 259 g/mol. The lowest BCUT2D eigenvalue weighted by Gasteiger charge is -2.13. The first-order chi connectivity index (χ1) is 9.17. The average molecular weight is 259 g/mol. The number of rotatable bonds is 5. The van der Waals surface area contributed by atoms with Crippen molar-refractivity contribution >= 4 is 5.91 Å². The second kappa shape index (κ2) is 8.28. The molecule has 4 heteroatoms. The van der Waals surface area contributed by atoms with Crippen LogP contribution in [0.3, 0.4) is 0 Å². The Kier molecular flexibility index (Phi) is 6.62. The molecule has 3 N–H and O–H groups in total. The number of hydrogen-bond acceptors (Lipinski definition) is 3. The van der Waals surface area contributed by atoms with Crippen molar-refractivity contribution in [2.75, 3.05) is 6.54 Å². The van der Waals surface area contributed by atoms with Crippen LogP contribution in [-0.2, 0) is 0 Å². The normalized spacial score (nSPS) is 11.3. The zero-order valence-corrected chi connectivity index (χ0v) is 11.6. The third-order valence-corrected chi connectivity index (χ3v) is 2.70. The lowest BCUT2D eigenvalue weighted by molar-refractivity contribution is 0.0937. The number of amides is 1. The molecule has 0 aliphatic rings. The van der Waals surface area contributed by atoms with E-state index in [-0.39, 0.29) is 11.9 Å². The van der Waals surface area contributed by atoms with Crippen molar-refractivity contribution < 1.29 is 4.79 Å². The second-order valence-corrected chi connectivity index (χ2v) is 4.48. The molecule has 1 amide bonds. The largest absolute Gasteiger partial charge is 0.350 e. The molecule has 102 valence electrons. The second-order valence-electron chi connectivity index (χ2n) is 4.48. The molecule has 1 aromatic heterocycles. The summed E-state index contributed by atoms with van der Waals surface area (Å²) in [6.07, 6.45) is 6.41. The van der Waals surface area contributed by atoms with E-state index in [0.717, 1.165) is 19.3 Å². The quantitative estimate of drug-likeness (QED) is 0.791. The Morgan fingerprint density at radius 3 is 3.00 bits per heavy atom. The summed E-state index contributed by atoms with van der Waals surface area (Å²) in [4.78, 5) is 16.0. The van der Waals surface area contributed by atoms with Crippen LogP contribution in [-0.4, -0.2) is 23.5 Å². The van der Waals surface area contributed by atoms with E-state index in [1.54, 1.807) is 18.5 Å². The number of unbranched alkanes of at least 4 members (excludes halogenated alkanes) is 1. The van der Waals surface area contributed by atoms with Gasteiger partial charge in [-0.25, -0.2) is 0 Å². The average Bonchev–Trinajstić information content (AvgIpc) is 2.43. The van der Waals surface area contributed by atoms with Crippen LogP contribution in [0.25, 0.3) is 0 Å². The maximum atomic E-state index is 12.0. The Hall–Kier alpha value is -1.86. The smallest absolute Gasteiger partial charge is 0.253 e. The van der Waals surface area contributed by atoms with Crippen LogP contribution in [0.4, 0.5) is 0 Å². The standard InChI is InChI=1S/C15H21N3O/c1-3-4-6-12(2)18-15(19)14-9-13(7-5-8-16)10-17-11-14/h9-12H,3-4,6,8,16H2,1-2H3,(H,18,19). The first-order valence-corrected chi connectivity index (χ1v) is 6.62. The highest BCUT2D eigenvalue weighted by Crippen LogP contribution is 2.04. The molecule has 1 heterocycles. The topological polar surface area (TPSA) is 68.0 Å². The molecule has 0 aliphatic carbocycles. The van der Waals surface area contributed by atoms with Crippen LogP contribution < -0.4 is 11.1 Å². The van der Waals surface area contributed by atoms with Gasteiger partial charge in [-0.1, -0.05) is 31.6 Å². The zero-order chi connectivity index (χ0) is 14.1. The summed E-state index contributed by atoms with van der Waals surface area (Å²) >= 11 is 0. The van der Waals surface area contributed by atoms with Crippen molar-refractivity contribution in [2.45, 2.75) is 39.2 Å². The molecule has 0 spiro atoms. The molecule has 1 rings (SSSR count). The molecular formula is C15H21N3O. The third kappa shape index (κ3) is 5.54. The molecule has 0 radical (unpaired) electrons. The number of pyridine rings is 1. The van der Waals surface area contributed by atoms with Crippen LogP contribution in [0.2, 0.25) is 0 Å². The summed E-state index contributed by atoms with van der Waals surface area (Å²) in [6, 6.07) is 1.91. The Bertz CT molecular complexity index is 474. The van der Waals surface area contributed by atoms with Crippen molar-refractivity contribution in [1.82, 2.24) is 10.3 Å². The molecule has 0 aromatic carbocycles. The highest BCUT2D eigenvalue weighted by Gasteiger charge is 2.09. The van der Waals surface area contributed by atoms with Gasteiger partial charge in [0.2, 0.25) is 0 Å². The van der Waals surface area contributed by atoms with Crippen molar-refractivity contribution in [3.05, 3.63) is 29.6 Å². The van der Waals surface area contributed by atoms with Crippen LogP contribution in [0.1, 0.15) is 49.0 Å². The minimum absolute atomic E-state index is 0.104. The fourth-order valence-corrected chi connectivity index (χ4v) is 1.68. The molecule has 0 bridgehead atoms.